The number of ketones is 1. The minimum absolute atomic E-state index is 0.0873. The highest BCUT2D eigenvalue weighted by molar-refractivity contribution is 6.33. The first-order chi connectivity index (χ1) is 8.58. The van der Waals surface area contributed by atoms with E-state index in [4.69, 9.17) is 11.6 Å². The van der Waals surface area contributed by atoms with E-state index in [1.807, 2.05) is 13.0 Å². The number of carbonyl (C=O) groups excluding carboxylic acids is 2. The van der Waals surface area contributed by atoms with Crippen LogP contribution in [0.5, 0.6) is 0 Å². The first-order valence-corrected chi connectivity index (χ1v) is 6.29. The molecule has 1 aliphatic heterocycles. The quantitative estimate of drug-likeness (QED) is 0.850. The number of nitrogens with zero attached hydrogens (tertiary/aromatic N) is 1. The second kappa shape index (κ2) is 5.40. The average molecular weight is 267 g/mol. The molecule has 0 aliphatic carbocycles. The molecule has 5 heteroatoms. The van der Waals surface area contributed by atoms with Gasteiger partial charge in [-0.05, 0) is 12.1 Å². The molecular weight excluding hydrogens is 252 g/mol. The highest BCUT2D eigenvalue weighted by atomic mass is 35.5. The summed E-state index contributed by atoms with van der Waals surface area (Å²) in [5.74, 6) is 0.132. The molecule has 1 N–H and O–H groups in total. The van der Waals surface area contributed by atoms with Gasteiger partial charge in [-0.3, -0.25) is 4.79 Å². The van der Waals surface area contributed by atoms with E-state index in [-0.39, 0.29) is 17.7 Å². The molecule has 1 atom stereocenters. The fraction of sp³-hybridized carbons (Fsp3) is 0.385. The third kappa shape index (κ3) is 2.82. The molecule has 2 rings (SSSR count). The smallest absolute Gasteiger partial charge is 0.321 e. The molecular formula is C13H15ClN2O2. The first-order valence-electron chi connectivity index (χ1n) is 5.91. The number of Topliss-reactive ketones (excluding diaryl/α,β-unsaturated/α-hetero) is 1. The van der Waals surface area contributed by atoms with Crippen molar-refractivity contribution in [3.05, 3.63) is 29.3 Å². The van der Waals surface area contributed by atoms with Gasteiger partial charge in [-0.1, -0.05) is 30.7 Å². The molecule has 0 radical (unpaired) electrons. The van der Waals surface area contributed by atoms with Gasteiger partial charge in [-0.2, -0.15) is 0 Å². The summed E-state index contributed by atoms with van der Waals surface area (Å²) in [4.78, 5) is 25.1. The van der Waals surface area contributed by atoms with Crippen LogP contribution in [-0.2, 0) is 4.79 Å². The fourth-order valence-electron chi connectivity index (χ4n) is 1.96. The Morgan fingerprint density at radius 2 is 2.17 bits per heavy atom. The topological polar surface area (TPSA) is 49.4 Å². The number of benzene rings is 1. The van der Waals surface area contributed by atoms with E-state index >= 15 is 0 Å². The summed E-state index contributed by atoms with van der Waals surface area (Å²) in [6.45, 7) is 2.78. The maximum Gasteiger partial charge on any atom is 0.321 e. The molecule has 2 amide bonds. The Kier molecular flexibility index (Phi) is 3.87. The Labute approximate surface area is 111 Å². The second-order valence-corrected chi connectivity index (χ2v) is 4.88. The lowest BCUT2D eigenvalue weighted by atomic mass is 9.99. The molecule has 0 saturated carbocycles. The monoisotopic (exact) mass is 266 g/mol. The number of amides is 2. The van der Waals surface area contributed by atoms with Crippen molar-refractivity contribution in [2.75, 3.05) is 18.4 Å². The number of hydrogen-bond acceptors (Lipinski definition) is 2. The molecule has 1 aromatic rings. The zero-order valence-corrected chi connectivity index (χ0v) is 10.9. The van der Waals surface area contributed by atoms with Crippen molar-refractivity contribution in [1.82, 2.24) is 4.90 Å². The van der Waals surface area contributed by atoms with Gasteiger partial charge in [0.25, 0.3) is 0 Å². The molecule has 0 bridgehead atoms. The highest BCUT2D eigenvalue weighted by Crippen LogP contribution is 2.21. The van der Waals surface area contributed by atoms with E-state index in [0.717, 1.165) is 0 Å². The Morgan fingerprint density at radius 3 is 2.83 bits per heavy atom. The average Bonchev–Trinajstić information content (AvgIpc) is 2.35. The summed E-state index contributed by atoms with van der Waals surface area (Å²) in [7, 11) is 0. The minimum Gasteiger partial charge on any atom is -0.323 e. The van der Waals surface area contributed by atoms with Gasteiger partial charge in [0.15, 0.2) is 0 Å². The molecule has 4 nitrogen and oxygen atoms in total. The number of halogens is 1. The minimum atomic E-state index is -0.206. The van der Waals surface area contributed by atoms with Gasteiger partial charge in [0.2, 0.25) is 0 Å². The first kappa shape index (κ1) is 12.9. The number of urea groups is 1. The van der Waals surface area contributed by atoms with Gasteiger partial charge in [-0.15, -0.1) is 0 Å². The highest BCUT2D eigenvalue weighted by Gasteiger charge is 2.26. The van der Waals surface area contributed by atoms with E-state index in [2.05, 4.69) is 5.32 Å². The second-order valence-electron chi connectivity index (χ2n) is 4.47. The standard InChI is InChI=1S/C13H15ClN2O2/c1-9-8-16(7-6-12(9)17)13(18)15-11-5-3-2-4-10(11)14/h2-5,9H,6-8H2,1H3,(H,15,18). The fourth-order valence-corrected chi connectivity index (χ4v) is 2.14. The van der Waals surface area contributed by atoms with Crippen LogP contribution in [0.15, 0.2) is 24.3 Å². The number of carbonyl (C=O) groups is 2. The van der Waals surface area contributed by atoms with Crippen LogP contribution in [0, 0.1) is 5.92 Å². The number of para-hydroxylation sites is 1. The molecule has 96 valence electrons. The Morgan fingerprint density at radius 1 is 1.44 bits per heavy atom. The molecule has 1 unspecified atom stereocenters. The van der Waals surface area contributed by atoms with Gasteiger partial charge < -0.3 is 10.2 Å². The maximum absolute atomic E-state index is 12.0. The van der Waals surface area contributed by atoms with Crippen LogP contribution >= 0.6 is 11.6 Å². The zero-order chi connectivity index (χ0) is 13.1. The van der Waals surface area contributed by atoms with Crippen LogP contribution in [0.2, 0.25) is 5.02 Å². The zero-order valence-electron chi connectivity index (χ0n) is 10.1. The Hall–Kier alpha value is -1.55. The number of rotatable bonds is 1. The van der Waals surface area contributed by atoms with E-state index in [9.17, 15) is 9.59 Å². The van der Waals surface area contributed by atoms with Crippen molar-refractivity contribution in [1.29, 1.82) is 0 Å². The summed E-state index contributed by atoms with van der Waals surface area (Å²) in [6.07, 6.45) is 0.428. The molecule has 0 aromatic heterocycles. The van der Waals surface area contributed by atoms with Crippen molar-refractivity contribution in [2.45, 2.75) is 13.3 Å². The normalized spacial score (nSPS) is 19.8. The van der Waals surface area contributed by atoms with Gasteiger partial charge in [-0.25, -0.2) is 4.79 Å². The summed E-state index contributed by atoms with van der Waals surface area (Å²) >= 11 is 5.97. The summed E-state index contributed by atoms with van der Waals surface area (Å²) in [5.41, 5.74) is 0.591. The maximum atomic E-state index is 12.0. The van der Waals surface area contributed by atoms with Crippen molar-refractivity contribution < 1.29 is 9.59 Å². The van der Waals surface area contributed by atoms with Crippen LogP contribution in [0.1, 0.15) is 13.3 Å². The molecule has 0 spiro atoms. The molecule has 1 aliphatic rings. The lowest BCUT2D eigenvalue weighted by Crippen LogP contribution is -2.45. The number of likely N-dealkylation sites (tertiary alicyclic amines) is 1. The van der Waals surface area contributed by atoms with Crippen LogP contribution < -0.4 is 5.32 Å². The third-order valence-electron chi connectivity index (χ3n) is 3.07. The number of hydrogen-bond donors (Lipinski definition) is 1. The Bertz CT molecular complexity index is 476. The van der Waals surface area contributed by atoms with Crippen LogP contribution in [0.3, 0.4) is 0 Å². The summed E-state index contributed by atoms with van der Waals surface area (Å²) < 4.78 is 0. The van der Waals surface area contributed by atoms with Crippen molar-refractivity contribution in [3.63, 3.8) is 0 Å². The van der Waals surface area contributed by atoms with Crippen molar-refractivity contribution >= 4 is 29.1 Å². The molecule has 1 heterocycles. The predicted molar refractivity (Wildman–Crippen MR) is 70.8 cm³/mol. The third-order valence-corrected chi connectivity index (χ3v) is 3.40. The van der Waals surface area contributed by atoms with Crippen LogP contribution in [0.4, 0.5) is 10.5 Å². The number of anilines is 1. The van der Waals surface area contributed by atoms with Gasteiger partial charge in [0.1, 0.15) is 5.78 Å². The van der Waals surface area contributed by atoms with E-state index in [1.54, 1.807) is 23.1 Å². The molecule has 1 fully saturated rings. The lowest BCUT2D eigenvalue weighted by molar-refractivity contribution is -0.124. The van der Waals surface area contributed by atoms with Crippen LogP contribution in [0.25, 0.3) is 0 Å². The Balaban J connectivity index is 2.01. The van der Waals surface area contributed by atoms with E-state index in [0.29, 0.717) is 30.2 Å². The molecule has 1 aromatic carbocycles. The van der Waals surface area contributed by atoms with E-state index in [1.165, 1.54) is 0 Å². The lowest BCUT2D eigenvalue weighted by Gasteiger charge is -2.30. The summed E-state index contributed by atoms with van der Waals surface area (Å²) in [5, 5.41) is 3.27. The summed E-state index contributed by atoms with van der Waals surface area (Å²) in [6, 6.07) is 6.88. The van der Waals surface area contributed by atoms with Gasteiger partial charge in [0.05, 0.1) is 10.7 Å². The van der Waals surface area contributed by atoms with Gasteiger partial charge >= 0.3 is 6.03 Å². The van der Waals surface area contributed by atoms with Crippen molar-refractivity contribution in [2.24, 2.45) is 5.92 Å². The predicted octanol–water partition coefficient (Wildman–Crippen LogP) is 2.78. The molecule has 18 heavy (non-hydrogen) atoms. The van der Waals surface area contributed by atoms with Gasteiger partial charge in [0, 0.05) is 25.4 Å². The number of nitrogens with one attached hydrogen (secondary N) is 1. The van der Waals surface area contributed by atoms with E-state index < -0.39 is 0 Å². The van der Waals surface area contributed by atoms with Crippen molar-refractivity contribution in [3.8, 4) is 0 Å². The largest absolute Gasteiger partial charge is 0.323 e. The van der Waals surface area contributed by atoms with Crippen LogP contribution in [-0.4, -0.2) is 29.8 Å². The SMILES string of the molecule is CC1CN(C(=O)Nc2ccccc2Cl)CCC1=O. The molecule has 1 saturated heterocycles. The number of piperidine rings is 1.